The summed E-state index contributed by atoms with van der Waals surface area (Å²) in [4.78, 5) is 0. The Bertz CT molecular complexity index is 365. The SMILES string of the molecule is COC1CCC(O)(Cc2ccccc2C)CC1. The van der Waals surface area contributed by atoms with Crippen LogP contribution in [0.25, 0.3) is 0 Å². The van der Waals surface area contributed by atoms with E-state index in [0.717, 1.165) is 32.1 Å². The molecular formula is C15H22O2. The molecule has 0 bridgehead atoms. The summed E-state index contributed by atoms with van der Waals surface area (Å²) in [5.41, 5.74) is 2.02. The first kappa shape index (κ1) is 12.6. The number of aliphatic hydroxyl groups is 1. The number of methoxy groups -OCH3 is 1. The van der Waals surface area contributed by atoms with E-state index < -0.39 is 5.60 Å². The van der Waals surface area contributed by atoms with Gasteiger partial charge in [0.05, 0.1) is 11.7 Å². The Hall–Kier alpha value is -0.860. The summed E-state index contributed by atoms with van der Waals surface area (Å²) in [6, 6.07) is 8.33. The first-order valence-corrected chi connectivity index (χ1v) is 6.43. The number of ether oxygens (including phenoxy) is 1. The molecule has 0 aromatic heterocycles. The fourth-order valence-electron chi connectivity index (χ4n) is 2.70. The van der Waals surface area contributed by atoms with Crippen molar-refractivity contribution in [3.8, 4) is 0 Å². The van der Waals surface area contributed by atoms with Crippen molar-refractivity contribution in [2.45, 2.75) is 50.7 Å². The van der Waals surface area contributed by atoms with Crippen molar-refractivity contribution in [3.05, 3.63) is 35.4 Å². The Morgan fingerprint density at radius 2 is 1.94 bits per heavy atom. The molecule has 2 heteroatoms. The third-order valence-corrected chi connectivity index (χ3v) is 3.98. The topological polar surface area (TPSA) is 29.5 Å². The average Bonchev–Trinajstić information content (AvgIpc) is 2.33. The summed E-state index contributed by atoms with van der Waals surface area (Å²) in [5.74, 6) is 0. The molecule has 1 N–H and O–H groups in total. The van der Waals surface area contributed by atoms with E-state index in [1.54, 1.807) is 7.11 Å². The maximum atomic E-state index is 10.6. The van der Waals surface area contributed by atoms with Crippen LogP contribution in [0.1, 0.15) is 36.8 Å². The number of rotatable bonds is 3. The van der Waals surface area contributed by atoms with Gasteiger partial charge >= 0.3 is 0 Å². The molecule has 2 rings (SSSR count). The molecule has 0 unspecified atom stereocenters. The van der Waals surface area contributed by atoms with E-state index in [9.17, 15) is 5.11 Å². The van der Waals surface area contributed by atoms with Gasteiger partial charge in [-0.15, -0.1) is 0 Å². The highest BCUT2D eigenvalue weighted by molar-refractivity contribution is 5.27. The summed E-state index contributed by atoms with van der Waals surface area (Å²) in [6.45, 7) is 2.11. The molecule has 94 valence electrons. The van der Waals surface area contributed by atoms with Crippen LogP contribution in [0.3, 0.4) is 0 Å². The van der Waals surface area contributed by atoms with Crippen LogP contribution in [0.2, 0.25) is 0 Å². The van der Waals surface area contributed by atoms with Crippen LogP contribution in [0.15, 0.2) is 24.3 Å². The van der Waals surface area contributed by atoms with E-state index in [4.69, 9.17) is 4.74 Å². The normalized spacial score (nSPS) is 29.2. The van der Waals surface area contributed by atoms with Gasteiger partial charge in [0.1, 0.15) is 0 Å². The highest BCUT2D eigenvalue weighted by Gasteiger charge is 2.33. The second kappa shape index (κ2) is 5.19. The molecule has 2 nitrogen and oxygen atoms in total. The van der Waals surface area contributed by atoms with Gasteiger partial charge in [-0.2, -0.15) is 0 Å². The standard InChI is InChI=1S/C15H22O2/c1-12-5-3-4-6-13(12)11-15(16)9-7-14(17-2)8-10-15/h3-6,14,16H,7-11H2,1-2H3. The van der Waals surface area contributed by atoms with E-state index in [1.165, 1.54) is 11.1 Å². The molecule has 1 aliphatic rings. The second-order valence-corrected chi connectivity index (χ2v) is 5.26. The zero-order valence-electron chi connectivity index (χ0n) is 10.8. The van der Waals surface area contributed by atoms with Gasteiger partial charge in [0, 0.05) is 13.5 Å². The van der Waals surface area contributed by atoms with Crippen LogP contribution < -0.4 is 0 Å². The molecule has 0 spiro atoms. The van der Waals surface area contributed by atoms with Gasteiger partial charge in [-0.05, 0) is 43.7 Å². The Morgan fingerprint density at radius 1 is 1.29 bits per heavy atom. The molecule has 0 radical (unpaired) electrons. The maximum absolute atomic E-state index is 10.6. The van der Waals surface area contributed by atoms with Crippen molar-refractivity contribution in [3.63, 3.8) is 0 Å². The van der Waals surface area contributed by atoms with Crippen molar-refractivity contribution in [2.24, 2.45) is 0 Å². The molecule has 0 atom stereocenters. The lowest BCUT2D eigenvalue weighted by atomic mass is 9.79. The number of aryl methyl sites for hydroxylation is 1. The molecule has 0 aliphatic heterocycles. The number of hydrogen-bond donors (Lipinski definition) is 1. The third kappa shape index (κ3) is 3.08. The van der Waals surface area contributed by atoms with Gasteiger partial charge in [0.25, 0.3) is 0 Å². The van der Waals surface area contributed by atoms with Crippen LogP contribution in [0, 0.1) is 6.92 Å². The average molecular weight is 234 g/mol. The highest BCUT2D eigenvalue weighted by Crippen LogP contribution is 2.33. The van der Waals surface area contributed by atoms with Crippen LogP contribution >= 0.6 is 0 Å². The zero-order valence-corrected chi connectivity index (χ0v) is 10.8. The molecule has 1 aliphatic carbocycles. The summed E-state index contributed by atoms with van der Waals surface area (Å²) in [7, 11) is 1.76. The molecule has 1 aromatic rings. The Morgan fingerprint density at radius 3 is 2.53 bits per heavy atom. The lowest BCUT2D eigenvalue weighted by Crippen LogP contribution is -2.38. The van der Waals surface area contributed by atoms with E-state index in [-0.39, 0.29) is 0 Å². The highest BCUT2D eigenvalue weighted by atomic mass is 16.5. The number of hydrogen-bond acceptors (Lipinski definition) is 2. The Labute approximate surface area is 104 Å². The predicted molar refractivity (Wildman–Crippen MR) is 69.1 cm³/mol. The molecule has 0 saturated heterocycles. The van der Waals surface area contributed by atoms with Gasteiger partial charge in [-0.1, -0.05) is 24.3 Å². The van der Waals surface area contributed by atoms with Gasteiger partial charge in [-0.3, -0.25) is 0 Å². The molecule has 0 amide bonds. The summed E-state index contributed by atoms with van der Waals surface area (Å²) in [5, 5.41) is 10.6. The van der Waals surface area contributed by atoms with E-state index >= 15 is 0 Å². The van der Waals surface area contributed by atoms with Crippen LogP contribution in [-0.4, -0.2) is 23.9 Å². The molecule has 1 fully saturated rings. The summed E-state index contributed by atoms with van der Waals surface area (Å²) in [6.07, 6.45) is 4.75. The molecular weight excluding hydrogens is 212 g/mol. The minimum absolute atomic E-state index is 0.340. The molecule has 1 saturated carbocycles. The van der Waals surface area contributed by atoms with Gasteiger partial charge in [0.2, 0.25) is 0 Å². The Balaban J connectivity index is 2.01. The third-order valence-electron chi connectivity index (χ3n) is 3.98. The van der Waals surface area contributed by atoms with E-state index in [2.05, 4.69) is 19.1 Å². The predicted octanol–water partition coefficient (Wildman–Crippen LogP) is 2.86. The van der Waals surface area contributed by atoms with E-state index in [1.807, 2.05) is 12.1 Å². The minimum atomic E-state index is -0.527. The second-order valence-electron chi connectivity index (χ2n) is 5.26. The summed E-state index contributed by atoms with van der Waals surface area (Å²) >= 11 is 0. The van der Waals surface area contributed by atoms with Crippen LogP contribution in [0.5, 0.6) is 0 Å². The van der Waals surface area contributed by atoms with Gasteiger partial charge < -0.3 is 9.84 Å². The number of benzene rings is 1. The van der Waals surface area contributed by atoms with Crippen molar-refractivity contribution in [1.82, 2.24) is 0 Å². The molecule has 0 heterocycles. The monoisotopic (exact) mass is 234 g/mol. The first-order valence-electron chi connectivity index (χ1n) is 6.43. The summed E-state index contributed by atoms with van der Waals surface area (Å²) < 4.78 is 5.35. The van der Waals surface area contributed by atoms with Crippen LogP contribution in [-0.2, 0) is 11.2 Å². The molecule has 17 heavy (non-hydrogen) atoms. The van der Waals surface area contributed by atoms with Crippen LogP contribution in [0.4, 0.5) is 0 Å². The fourth-order valence-corrected chi connectivity index (χ4v) is 2.70. The first-order chi connectivity index (χ1) is 8.13. The van der Waals surface area contributed by atoms with Gasteiger partial charge in [-0.25, -0.2) is 0 Å². The minimum Gasteiger partial charge on any atom is -0.390 e. The van der Waals surface area contributed by atoms with Gasteiger partial charge in [0.15, 0.2) is 0 Å². The quantitative estimate of drug-likeness (QED) is 0.871. The van der Waals surface area contributed by atoms with Crippen molar-refractivity contribution < 1.29 is 9.84 Å². The van der Waals surface area contributed by atoms with Crippen molar-refractivity contribution in [2.75, 3.05) is 7.11 Å². The fraction of sp³-hybridized carbons (Fsp3) is 0.600. The van der Waals surface area contributed by atoms with E-state index in [0.29, 0.717) is 6.10 Å². The Kier molecular flexibility index (Phi) is 3.85. The van der Waals surface area contributed by atoms with Crippen molar-refractivity contribution >= 4 is 0 Å². The zero-order chi connectivity index (χ0) is 12.3. The molecule has 1 aromatic carbocycles. The largest absolute Gasteiger partial charge is 0.390 e. The van der Waals surface area contributed by atoms with Crippen molar-refractivity contribution in [1.29, 1.82) is 0 Å². The smallest absolute Gasteiger partial charge is 0.0690 e. The maximum Gasteiger partial charge on any atom is 0.0690 e. The lowest BCUT2D eigenvalue weighted by Gasteiger charge is -2.36. The lowest BCUT2D eigenvalue weighted by molar-refractivity contribution is -0.0428.